The molecule has 1 amide bonds. The van der Waals surface area contributed by atoms with E-state index < -0.39 is 0 Å². The quantitative estimate of drug-likeness (QED) is 0.811. The third kappa shape index (κ3) is 4.29. The Bertz CT molecular complexity index is 769. The minimum Gasteiger partial charge on any atom is -0.491 e. The molecule has 24 heavy (non-hydrogen) atoms. The Balaban J connectivity index is 2.16. The number of anilines is 1. The summed E-state index contributed by atoms with van der Waals surface area (Å²) in [5.74, 6) is 1.38. The van der Waals surface area contributed by atoms with Crippen LogP contribution in [0.15, 0.2) is 24.3 Å². The van der Waals surface area contributed by atoms with Gasteiger partial charge in [0.25, 0.3) is 0 Å². The highest BCUT2D eigenvalue weighted by molar-refractivity contribution is 6.32. The van der Waals surface area contributed by atoms with Gasteiger partial charge in [-0.1, -0.05) is 11.6 Å². The molecular formula is C17H20ClN3O3. The van der Waals surface area contributed by atoms with Gasteiger partial charge < -0.3 is 14.8 Å². The van der Waals surface area contributed by atoms with Crippen LogP contribution in [-0.4, -0.2) is 29.4 Å². The van der Waals surface area contributed by atoms with Crippen molar-refractivity contribution in [3.8, 4) is 11.5 Å². The van der Waals surface area contributed by atoms with Gasteiger partial charge in [-0.2, -0.15) is 5.10 Å². The molecule has 0 aliphatic carbocycles. The highest BCUT2D eigenvalue weighted by Gasteiger charge is 2.11. The number of aromatic nitrogens is 2. The Kier molecular flexibility index (Phi) is 5.87. The van der Waals surface area contributed by atoms with Crippen molar-refractivity contribution in [2.24, 2.45) is 7.05 Å². The minimum atomic E-state index is -0.261. The Hall–Kier alpha value is -2.47. The van der Waals surface area contributed by atoms with Gasteiger partial charge in [0.15, 0.2) is 11.5 Å². The first-order chi connectivity index (χ1) is 11.4. The van der Waals surface area contributed by atoms with E-state index in [9.17, 15) is 4.79 Å². The van der Waals surface area contributed by atoms with Gasteiger partial charge in [0.05, 0.1) is 24.4 Å². The highest BCUT2D eigenvalue weighted by Crippen LogP contribution is 2.36. The molecule has 0 radical (unpaired) electrons. The number of ether oxygens (including phenoxy) is 2. The molecule has 128 valence electrons. The average molecular weight is 350 g/mol. The van der Waals surface area contributed by atoms with Crippen molar-refractivity contribution >= 4 is 29.4 Å². The van der Waals surface area contributed by atoms with Crippen molar-refractivity contribution in [2.75, 3.05) is 19.0 Å². The predicted octanol–water partition coefficient (Wildman–Crippen LogP) is 3.44. The van der Waals surface area contributed by atoms with Crippen LogP contribution in [0.3, 0.4) is 0 Å². The number of methoxy groups -OCH3 is 1. The van der Waals surface area contributed by atoms with Crippen molar-refractivity contribution in [1.82, 2.24) is 9.78 Å². The molecule has 7 heteroatoms. The third-order valence-electron chi connectivity index (χ3n) is 3.22. The van der Waals surface area contributed by atoms with E-state index in [-0.39, 0.29) is 5.91 Å². The molecule has 0 spiro atoms. The van der Waals surface area contributed by atoms with Gasteiger partial charge in [-0.3, -0.25) is 9.48 Å². The SMILES string of the molecule is CCOc1cc(/C=C/C(=O)Nc2cc(C)nn2C)cc(Cl)c1OC. The zero-order valence-corrected chi connectivity index (χ0v) is 14.8. The molecule has 1 heterocycles. The first kappa shape index (κ1) is 17.9. The van der Waals surface area contributed by atoms with Crippen LogP contribution in [-0.2, 0) is 11.8 Å². The molecule has 0 aliphatic rings. The molecule has 0 bridgehead atoms. The maximum Gasteiger partial charge on any atom is 0.249 e. The summed E-state index contributed by atoms with van der Waals surface area (Å²) >= 11 is 6.19. The second-order valence-corrected chi connectivity index (χ2v) is 5.49. The molecule has 2 aromatic rings. The van der Waals surface area contributed by atoms with E-state index >= 15 is 0 Å². The Morgan fingerprint density at radius 1 is 1.42 bits per heavy atom. The Morgan fingerprint density at radius 2 is 2.17 bits per heavy atom. The molecule has 0 fully saturated rings. The van der Waals surface area contributed by atoms with Crippen LogP contribution >= 0.6 is 11.6 Å². The van der Waals surface area contributed by atoms with Crippen LogP contribution in [0.25, 0.3) is 6.08 Å². The highest BCUT2D eigenvalue weighted by atomic mass is 35.5. The Labute approximate surface area is 146 Å². The van der Waals surface area contributed by atoms with Gasteiger partial charge >= 0.3 is 0 Å². The van der Waals surface area contributed by atoms with Gasteiger partial charge in [-0.25, -0.2) is 0 Å². The fraction of sp³-hybridized carbons (Fsp3) is 0.294. The fourth-order valence-corrected chi connectivity index (χ4v) is 2.51. The molecule has 0 aliphatic heterocycles. The van der Waals surface area contributed by atoms with Crippen LogP contribution < -0.4 is 14.8 Å². The van der Waals surface area contributed by atoms with Gasteiger partial charge in [0.2, 0.25) is 5.91 Å². The molecule has 6 nitrogen and oxygen atoms in total. The number of aryl methyl sites for hydroxylation is 2. The summed E-state index contributed by atoms with van der Waals surface area (Å²) in [4.78, 5) is 12.0. The number of nitrogens with one attached hydrogen (secondary N) is 1. The van der Waals surface area contributed by atoms with E-state index in [4.69, 9.17) is 21.1 Å². The lowest BCUT2D eigenvalue weighted by molar-refractivity contribution is -0.111. The lowest BCUT2D eigenvalue weighted by atomic mass is 10.2. The number of hydrogen-bond acceptors (Lipinski definition) is 4. The van der Waals surface area contributed by atoms with Gasteiger partial charge in [-0.15, -0.1) is 0 Å². The molecule has 0 saturated heterocycles. The predicted molar refractivity (Wildman–Crippen MR) is 94.8 cm³/mol. The van der Waals surface area contributed by atoms with Crippen LogP contribution in [0, 0.1) is 6.92 Å². The molecule has 0 saturated carbocycles. The molecular weight excluding hydrogens is 330 g/mol. The smallest absolute Gasteiger partial charge is 0.249 e. The van der Waals surface area contributed by atoms with E-state index in [1.54, 1.807) is 36.0 Å². The number of rotatable bonds is 6. The second kappa shape index (κ2) is 7.88. The summed E-state index contributed by atoms with van der Waals surface area (Å²) in [6.45, 7) is 4.22. The van der Waals surface area contributed by atoms with Gasteiger partial charge in [0, 0.05) is 19.2 Å². The van der Waals surface area contributed by atoms with Gasteiger partial charge in [-0.05, 0) is 37.6 Å². The second-order valence-electron chi connectivity index (χ2n) is 5.08. The normalized spacial score (nSPS) is 10.9. The number of carbonyl (C=O) groups excluding carboxylic acids is 1. The number of hydrogen-bond donors (Lipinski definition) is 1. The minimum absolute atomic E-state index is 0.261. The molecule has 0 unspecified atom stereocenters. The van der Waals surface area contributed by atoms with Crippen LogP contribution in [0.2, 0.25) is 5.02 Å². The van der Waals surface area contributed by atoms with E-state index in [0.29, 0.717) is 28.9 Å². The lowest BCUT2D eigenvalue weighted by Gasteiger charge is -2.11. The maximum atomic E-state index is 12.0. The summed E-state index contributed by atoms with van der Waals surface area (Å²) in [6, 6.07) is 5.27. The van der Waals surface area contributed by atoms with E-state index in [1.165, 1.54) is 13.2 Å². The van der Waals surface area contributed by atoms with Crippen molar-refractivity contribution < 1.29 is 14.3 Å². The topological polar surface area (TPSA) is 65.4 Å². The van der Waals surface area contributed by atoms with E-state index in [1.807, 2.05) is 13.8 Å². The van der Waals surface area contributed by atoms with Crippen molar-refractivity contribution in [3.05, 3.63) is 40.6 Å². The van der Waals surface area contributed by atoms with Crippen LogP contribution in [0.5, 0.6) is 11.5 Å². The number of benzene rings is 1. The first-order valence-electron chi connectivity index (χ1n) is 7.44. The number of nitrogens with zero attached hydrogens (tertiary/aromatic N) is 2. The van der Waals surface area contributed by atoms with Crippen molar-refractivity contribution in [3.63, 3.8) is 0 Å². The first-order valence-corrected chi connectivity index (χ1v) is 7.82. The monoisotopic (exact) mass is 349 g/mol. The summed E-state index contributed by atoms with van der Waals surface area (Å²) in [5, 5.41) is 7.36. The van der Waals surface area contributed by atoms with E-state index in [0.717, 1.165) is 11.3 Å². The molecule has 2 rings (SSSR count). The molecule has 1 N–H and O–H groups in total. The largest absolute Gasteiger partial charge is 0.491 e. The molecule has 1 aromatic heterocycles. The standard InChI is InChI=1S/C17H20ClN3O3/c1-5-24-14-10-12(9-13(18)17(14)23-4)6-7-16(22)19-15-8-11(2)20-21(15)3/h6-10H,5H2,1-4H3,(H,19,22)/b7-6+. The summed E-state index contributed by atoms with van der Waals surface area (Å²) in [6.07, 6.45) is 3.09. The summed E-state index contributed by atoms with van der Waals surface area (Å²) in [5.41, 5.74) is 1.57. The summed E-state index contributed by atoms with van der Waals surface area (Å²) < 4.78 is 12.4. The lowest BCUT2D eigenvalue weighted by Crippen LogP contribution is -2.11. The zero-order valence-electron chi connectivity index (χ0n) is 14.1. The average Bonchev–Trinajstić information content (AvgIpc) is 2.83. The maximum absolute atomic E-state index is 12.0. The van der Waals surface area contributed by atoms with Crippen molar-refractivity contribution in [2.45, 2.75) is 13.8 Å². The number of halogens is 1. The third-order valence-corrected chi connectivity index (χ3v) is 3.50. The van der Waals surface area contributed by atoms with E-state index in [2.05, 4.69) is 10.4 Å². The summed E-state index contributed by atoms with van der Waals surface area (Å²) in [7, 11) is 3.30. The Morgan fingerprint density at radius 3 is 2.75 bits per heavy atom. The fourth-order valence-electron chi connectivity index (χ4n) is 2.21. The molecule has 1 aromatic carbocycles. The molecule has 0 atom stereocenters. The zero-order chi connectivity index (χ0) is 17.7. The van der Waals surface area contributed by atoms with Gasteiger partial charge in [0.1, 0.15) is 5.82 Å². The van der Waals surface area contributed by atoms with Crippen LogP contribution in [0.1, 0.15) is 18.2 Å². The van der Waals surface area contributed by atoms with Crippen LogP contribution in [0.4, 0.5) is 5.82 Å². The number of amides is 1. The number of carbonyl (C=O) groups is 1. The van der Waals surface area contributed by atoms with Crippen molar-refractivity contribution in [1.29, 1.82) is 0 Å².